The van der Waals surface area contributed by atoms with Gasteiger partial charge in [0.2, 0.25) is 5.91 Å². The molecule has 0 fully saturated rings. The van der Waals surface area contributed by atoms with Gasteiger partial charge in [-0.2, -0.15) is 0 Å². The number of benzene rings is 1. The number of carbonyl (C=O) groups excluding carboxylic acids is 2. The van der Waals surface area contributed by atoms with Crippen LogP contribution < -0.4 is 0 Å². The van der Waals surface area contributed by atoms with Crippen molar-refractivity contribution < 1.29 is 9.59 Å². The fourth-order valence-corrected chi connectivity index (χ4v) is 3.00. The lowest BCUT2D eigenvalue weighted by Gasteiger charge is -2.23. The van der Waals surface area contributed by atoms with Crippen molar-refractivity contribution in [2.75, 3.05) is 6.54 Å². The Morgan fingerprint density at radius 3 is 2.59 bits per heavy atom. The van der Waals surface area contributed by atoms with Crippen LogP contribution in [0, 0.1) is 0 Å². The van der Waals surface area contributed by atoms with Gasteiger partial charge in [-0.05, 0) is 29.8 Å². The van der Waals surface area contributed by atoms with Crippen molar-refractivity contribution in [3.8, 4) is 0 Å². The first-order chi connectivity index (χ1) is 13.3. The third-order valence-corrected chi connectivity index (χ3v) is 4.48. The maximum absolute atomic E-state index is 12.9. The monoisotopic (exact) mass is 361 g/mol. The molecule has 0 unspecified atom stereocenters. The maximum Gasteiger partial charge on any atom is 0.224 e. The largest absolute Gasteiger partial charge is 0.345 e. The van der Waals surface area contributed by atoms with Crippen molar-refractivity contribution >= 4 is 12.2 Å². The molecule has 0 bridgehead atoms. The lowest BCUT2D eigenvalue weighted by atomic mass is 10.2. The van der Waals surface area contributed by atoms with Crippen molar-refractivity contribution in [2.24, 2.45) is 0 Å². The fraction of sp³-hybridized carbons (Fsp3) is 0.227. The van der Waals surface area contributed by atoms with E-state index in [1.54, 1.807) is 12.3 Å². The second-order valence-corrected chi connectivity index (χ2v) is 6.37. The van der Waals surface area contributed by atoms with Crippen LogP contribution in [0.25, 0.3) is 0 Å². The molecule has 2 heterocycles. The van der Waals surface area contributed by atoms with Crippen LogP contribution in [0.1, 0.15) is 28.2 Å². The minimum atomic E-state index is 0.0698. The third kappa shape index (κ3) is 5.38. The Bertz CT molecular complexity index is 860. The van der Waals surface area contributed by atoms with Gasteiger partial charge in [-0.3, -0.25) is 14.6 Å². The summed E-state index contributed by atoms with van der Waals surface area (Å²) in [5.74, 6) is 0.0698. The second kappa shape index (κ2) is 9.48. The number of carbonyl (C=O) groups is 2. The standard InChI is InChI=1S/C22H23N3O2/c26-18-21-10-6-14-24(21)16-12-22(27)25(17-19-7-2-1-3-8-19)15-11-20-9-4-5-13-23-20/h1-10,13-14,18H,11-12,15-17H2. The van der Waals surface area contributed by atoms with Crippen molar-refractivity contribution in [1.82, 2.24) is 14.5 Å². The Labute approximate surface area is 159 Å². The quantitative estimate of drug-likeness (QED) is 0.549. The average molecular weight is 361 g/mol. The Hall–Kier alpha value is -3.21. The number of aryl methyl sites for hydroxylation is 1. The first kappa shape index (κ1) is 18.6. The molecule has 27 heavy (non-hydrogen) atoms. The highest BCUT2D eigenvalue weighted by Gasteiger charge is 2.15. The predicted molar refractivity (Wildman–Crippen MR) is 104 cm³/mol. The van der Waals surface area contributed by atoms with Gasteiger partial charge in [0, 0.05) is 50.6 Å². The summed E-state index contributed by atoms with van der Waals surface area (Å²) in [6, 6.07) is 19.4. The molecule has 1 amide bonds. The van der Waals surface area contributed by atoms with Crippen LogP contribution in [0.4, 0.5) is 0 Å². The van der Waals surface area contributed by atoms with Crippen molar-refractivity contribution in [2.45, 2.75) is 25.9 Å². The smallest absolute Gasteiger partial charge is 0.224 e. The summed E-state index contributed by atoms with van der Waals surface area (Å²) in [6.45, 7) is 1.67. The van der Waals surface area contributed by atoms with Crippen LogP contribution in [0.15, 0.2) is 73.1 Å². The molecule has 0 aliphatic rings. The van der Waals surface area contributed by atoms with Gasteiger partial charge in [-0.15, -0.1) is 0 Å². The predicted octanol–water partition coefficient (Wildman–Crippen LogP) is 3.36. The fourth-order valence-electron chi connectivity index (χ4n) is 3.00. The van der Waals surface area contributed by atoms with Crippen molar-refractivity contribution in [3.05, 3.63) is 90.0 Å². The SMILES string of the molecule is O=Cc1cccn1CCC(=O)N(CCc1ccccn1)Cc1ccccc1. The van der Waals surface area contributed by atoms with Crippen LogP contribution in [-0.4, -0.2) is 33.2 Å². The van der Waals surface area contributed by atoms with Crippen LogP contribution >= 0.6 is 0 Å². The molecule has 1 aromatic carbocycles. The van der Waals surface area contributed by atoms with Gasteiger partial charge in [0.05, 0.1) is 5.69 Å². The number of hydrogen-bond acceptors (Lipinski definition) is 3. The zero-order chi connectivity index (χ0) is 18.9. The number of pyridine rings is 1. The topological polar surface area (TPSA) is 55.2 Å². The number of nitrogens with zero attached hydrogens (tertiary/aromatic N) is 3. The number of aldehydes is 1. The molecule has 0 radical (unpaired) electrons. The molecule has 138 valence electrons. The molecule has 0 spiro atoms. The molecule has 5 nitrogen and oxygen atoms in total. The van der Waals surface area contributed by atoms with Crippen LogP contribution in [0.3, 0.4) is 0 Å². The average Bonchev–Trinajstić information content (AvgIpc) is 3.18. The van der Waals surface area contributed by atoms with Gasteiger partial charge >= 0.3 is 0 Å². The number of aromatic nitrogens is 2. The zero-order valence-electron chi connectivity index (χ0n) is 15.2. The first-order valence-corrected chi connectivity index (χ1v) is 9.08. The number of hydrogen-bond donors (Lipinski definition) is 0. The van der Waals surface area contributed by atoms with Gasteiger partial charge in [0.1, 0.15) is 0 Å². The van der Waals surface area contributed by atoms with Crippen molar-refractivity contribution in [3.63, 3.8) is 0 Å². The third-order valence-electron chi connectivity index (χ3n) is 4.48. The van der Waals surface area contributed by atoms with Gasteiger partial charge in [-0.1, -0.05) is 36.4 Å². The molecule has 0 saturated carbocycles. The summed E-state index contributed by atoms with van der Waals surface area (Å²) < 4.78 is 1.81. The van der Waals surface area contributed by atoms with Crippen LogP contribution in [-0.2, 0) is 24.3 Å². The van der Waals surface area contributed by atoms with E-state index in [9.17, 15) is 9.59 Å². The highest BCUT2D eigenvalue weighted by molar-refractivity contribution is 5.76. The molecule has 3 aromatic rings. The molecule has 0 saturated heterocycles. The summed E-state index contributed by atoms with van der Waals surface area (Å²) in [7, 11) is 0. The summed E-state index contributed by atoms with van der Waals surface area (Å²) in [5, 5.41) is 0. The van der Waals surface area contributed by atoms with Crippen LogP contribution in [0.2, 0.25) is 0 Å². The molecular formula is C22H23N3O2. The summed E-state index contributed by atoms with van der Waals surface area (Å²) >= 11 is 0. The zero-order valence-corrected chi connectivity index (χ0v) is 15.2. The first-order valence-electron chi connectivity index (χ1n) is 9.08. The van der Waals surface area contributed by atoms with E-state index in [1.165, 1.54) is 0 Å². The second-order valence-electron chi connectivity index (χ2n) is 6.37. The van der Waals surface area contributed by atoms with Crippen LogP contribution in [0.5, 0.6) is 0 Å². The van der Waals surface area contributed by atoms with E-state index in [0.717, 1.165) is 17.5 Å². The molecule has 0 aliphatic carbocycles. The minimum absolute atomic E-state index is 0.0698. The summed E-state index contributed by atoms with van der Waals surface area (Å²) in [4.78, 5) is 30.1. The lowest BCUT2D eigenvalue weighted by Crippen LogP contribution is -2.33. The minimum Gasteiger partial charge on any atom is -0.345 e. The molecule has 3 rings (SSSR count). The van der Waals surface area contributed by atoms with Gasteiger partial charge in [-0.25, -0.2) is 0 Å². The molecule has 2 aromatic heterocycles. The van der Waals surface area contributed by atoms with E-state index in [-0.39, 0.29) is 5.91 Å². The Morgan fingerprint density at radius 2 is 1.85 bits per heavy atom. The summed E-state index contributed by atoms with van der Waals surface area (Å²) in [5.41, 5.74) is 2.66. The summed E-state index contributed by atoms with van der Waals surface area (Å²) in [6.07, 6.45) is 5.47. The van der Waals surface area contributed by atoms with Gasteiger partial charge in [0.25, 0.3) is 0 Å². The normalized spacial score (nSPS) is 10.5. The number of rotatable bonds is 9. The number of amides is 1. The van der Waals surface area contributed by atoms with E-state index in [0.29, 0.717) is 38.2 Å². The van der Waals surface area contributed by atoms with E-state index >= 15 is 0 Å². The van der Waals surface area contributed by atoms with Gasteiger partial charge in [0.15, 0.2) is 6.29 Å². The molecule has 0 atom stereocenters. The molecular weight excluding hydrogens is 338 g/mol. The molecule has 0 aliphatic heterocycles. The molecule has 5 heteroatoms. The molecule has 0 N–H and O–H groups in total. The van der Waals surface area contributed by atoms with Gasteiger partial charge < -0.3 is 9.47 Å². The van der Waals surface area contributed by atoms with E-state index in [2.05, 4.69) is 4.98 Å². The van der Waals surface area contributed by atoms with E-state index in [4.69, 9.17) is 0 Å². The lowest BCUT2D eigenvalue weighted by molar-refractivity contribution is -0.132. The van der Waals surface area contributed by atoms with E-state index in [1.807, 2.05) is 70.3 Å². The Kier molecular flexibility index (Phi) is 6.52. The Morgan fingerprint density at radius 1 is 1.04 bits per heavy atom. The highest BCUT2D eigenvalue weighted by atomic mass is 16.2. The van der Waals surface area contributed by atoms with E-state index < -0.39 is 0 Å². The van der Waals surface area contributed by atoms with Crippen molar-refractivity contribution in [1.29, 1.82) is 0 Å². The highest BCUT2D eigenvalue weighted by Crippen LogP contribution is 2.10. The Balaban J connectivity index is 1.65. The maximum atomic E-state index is 12.9.